The number of amides is 1. The lowest BCUT2D eigenvalue weighted by atomic mass is 10.0. The van der Waals surface area contributed by atoms with Crippen LogP contribution < -0.4 is 5.32 Å². The molecule has 0 heterocycles. The van der Waals surface area contributed by atoms with Gasteiger partial charge in [0.2, 0.25) is 5.91 Å². The predicted octanol–water partition coefficient (Wildman–Crippen LogP) is 1.76. The molecule has 0 saturated carbocycles. The Kier molecular flexibility index (Phi) is 4.89. The van der Waals surface area contributed by atoms with E-state index in [1.807, 2.05) is 31.2 Å². The van der Waals surface area contributed by atoms with Crippen molar-refractivity contribution in [1.82, 2.24) is 5.32 Å². The van der Waals surface area contributed by atoms with E-state index in [0.717, 1.165) is 11.1 Å². The lowest BCUT2D eigenvalue weighted by Gasteiger charge is -2.17. The van der Waals surface area contributed by atoms with E-state index in [0.29, 0.717) is 6.42 Å². The van der Waals surface area contributed by atoms with Gasteiger partial charge < -0.3 is 10.4 Å². The van der Waals surface area contributed by atoms with Gasteiger partial charge in [-0.15, -0.1) is 0 Å². The quantitative estimate of drug-likeness (QED) is 0.835. The average Bonchev–Trinajstić information content (AvgIpc) is 2.30. The maximum Gasteiger partial charge on any atom is 0.326 e. The summed E-state index contributed by atoms with van der Waals surface area (Å²) < 4.78 is 0. The largest absolute Gasteiger partial charge is 0.480 e. The van der Waals surface area contributed by atoms with Crippen LogP contribution in [0.3, 0.4) is 0 Å². The monoisotopic (exact) mass is 249 g/mol. The Morgan fingerprint density at radius 3 is 2.39 bits per heavy atom. The van der Waals surface area contributed by atoms with E-state index in [1.165, 1.54) is 0 Å². The highest BCUT2D eigenvalue weighted by molar-refractivity contribution is 5.84. The number of aliphatic carboxylic acids is 1. The summed E-state index contributed by atoms with van der Waals surface area (Å²) in [6, 6.07) is 6.71. The van der Waals surface area contributed by atoms with Crippen molar-refractivity contribution < 1.29 is 14.7 Å². The molecule has 1 atom stereocenters. The van der Waals surface area contributed by atoms with Crippen LogP contribution in [0.25, 0.3) is 0 Å². The molecule has 2 N–H and O–H groups in total. The highest BCUT2D eigenvalue weighted by Crippen LogP contribution is 2.10. The number of nitrogens with one attached hydrogen (secondary N) is 1. The number of hydrogen-bond donors (Lipinski definition) is 2. The number of hydrogen-bond acceptors (Lipinski definition) is 2. The van der Waals surface area contributed by atoms with Crippen molar-refractivity contribution in [2.45, 2.75) is 33.2 Å². The highest BCUT2D eigenvalue weighted by Gasteiger charge is 2.22. The summed E-state index contributed by atoms with van der Waals surface area (Å²) in [7, 11) is 0. The summed E-state index contributed by atoms with van der Waals surface area (Å²) in [6.07, 6.45) is 0.306. The van der Waals surface area contributed by atoms with Crippen LogP contribution in [0.2, 0.25) is 0 Å². The van der Waals surface area contributed by atoms with Crippen molar-refractivity contribution in [3.8, 4) is 0 Å². The third kappa shape index (κ3) is 3.87. The van der Waals surface area contributed by atoms with Crippen molar-refractivity contribution in [2.24, 2.45) is 5.92 Å². The fourth-order valence-corrected chi connectivity index (χ4v) is 1.60. The normalized spacial score (nSPS) is 12.2. The Morgan fingerprint density at radius 2 is 1.89 bits per heavy atom. The molecule has 0 bridgehead atoms. The summed E-state index contributed by atoms with van der Waals surface area (Å²) in [6.45, 7) is 5.41. The minimum Gasteiger partial charge on any atom is -0.480 e. The standard InChI is InChI=1S/C14H19NO3/c1-9(2)13(16)15-12(14(17)18)8-11-7-5-4-6-10(11)3/h4-7,9,12H,8H2,1-3H3,(H,15,16)(H,17,18)/t12-/m1/s1. The first-order valence-electron chi connectivity index (χ1n) is 5.99. The smallest absolute Gasteiger partial charge is 0.326 e. The summed E-state index contributed by atoms with van der Waals surface area (Å²) in [5.74, 6) is -1.47. The lowest BCUT2D eigenvalue weighted by Crippen LogP contribution is -2.44. The van der Waals surface area contributed by atoms with Crippen LogP contribution in [0.15, 0.2) is 24.3 Å². The maximum absolute atomic E-state index is 11.6. The Bertz CT molecular complexity index is 440. The molecule has 0 aromatic heterocycles. The van der Waals surface area contributed by atoms with Crippen molar-refractivity contribution in [3.05, 3.63) is 35.4 Å². The fourth-order valence-electron chi connectivity index (χ4n) is 1.60. The van der Waals surface area contributed by atoms with E-state index in [2.05, 4.69) is 5.32 Å². The number of aryl methyl sites for hydroxylation is 1. The van der Waals surface area contributed by atoms with Gasteiger partial charge in [-0.05, 0) is 18.1 Å². The Balaban J connectivity index is 2.79. The summed E-state index contributed by atoms with van der Waals surface area (Å²) >= 11 is 0. The zero-order chi connectivity index (χ0) is 13.7. The molecule has 0 aliphatic rings. The Hall–Kier alpha value is -1.84. The number of carboxylic acid groups (broad SMARTS) is 1. The van der Waals surface area contributed by atoms with Gasteiger partial charge in [-0.1, -0.05) is 38.1 Å². The van der Waals surface area contributed by atoms with Crippen LogP contribution in [0.4, 0.5) is 0 Å². The average molecular weight is 249 g/mol. The first kappa shape index (κ1) is 14.2. The van der Waals surface area contributed by atoms with E-state index >= 15 is 0 Å². The number of carbonyl (C=O) groups is 2. The van der Waals surface area contributed by atoms with E-state index in [1.54, 1.807) is 13.8 Å². The lowest BCUT2D eigenvalue weighted by molar-refractivity contribution is -0.142. The molecular weight excluding hydrogens is 230 g/mol. The van der Waals surface area contributed by atoms with Crippen LogP contribution in [-0.4, -0.2) is 23.0 Å². The van der Waals surface area contributed by atoms with Crippen molar-refractivity contribution in [1.29, 1.82) is 0 Å². The van der Waals surface area contributed by atoms with Crippen LogP contribution in [0.1, 0.15) is 25.0 Å². The summed E-state index contributed by atoms with van der Waals surface area (Å²) in [5, 5.41) is 11.7. The number of carboxylic acids is 1. The molecule has 0 unspecified atom stereocenters. The Labute approximate surface area is 107 Å². The van der Waals surface area contributed by atoms with Gasteiger partial charge in [0, 0.05) is 12.3 Å². The second kappa shape index (κ2) is 6.19. The van der Waals surface area contributed by atoms with Crippen molar-refractivity contribution >= 4 is 11.9 Å². The Morgan fingerprint density at radius 1 is 1.28 bits per heavy atom. The van der Waals surface area contributed by atoms with Crippen molar-refractivity contribution in [3.63, 3.8) is 0 Å². The van der Waals surface area contributed by atoms with Crippen LogP contribution in [0.5, 0.6) is 0 Å². The molecule has 0 aliphatic heterocycles. The molecule has 0 fully saturated rings. The van der Waals surface area contributed by atoms with Gasteiger partial charge in [0.15, 0.2) is 0 Å². The van der Waals surface area contributed by atoms with Gasteiger partial charge in [0.25, 0.3) is 0 Å². The molecule has 4 nitrogen and oxygen atoms in total. The zero-order valence-electron chi connectivity index (χ0n) is 10.9. The van der Waals surface area contributed by atoms with Gasteiger partial charge >= 0.3 is 5.97 Å². The third-order valence-corrected chi connectivity index (χ3v) is 2.82. The minimum atomic E-state index is -1.01. The topological polar surface area (TPSA) is 66.4 Å². The fraction of sp³-hybridized carbons (Fsp3) is 0.429. The van der Waals surface area contributed by atoms with Gasteiger partial charge in [-0.25, -0.2) is 4.79 Å². The first-order valence-corrected chi connectivity index (χ1v) is 5.99. The van der Waals surface area contributed by atoms with E-state index < -0.39 is 12.0 Å². The number of rotatable bonds is 5. The predicted molar refractivity (Wildman–Crippen MR) is 69.3 cm³/mol. The highest BCUT2D eigenvalue weighted by atomic mass is 16.4. The molecule has 98 valence electrons. The van der Waals surface area contributed by atoms with Gasteiger partial charge in [-0.3, -0.25) is 4.79 Å². The summed E-state index contributed by atoms with van der Waals surface area (Å²) in [5.41, 5.74) is 1.97. The van der Waals surface area contributed by atoms with E-state index in [9.17, 15) is 9.59 Å². The molecule has 1 aromatic rings. The van der Waals surface area contributed by atoms with Crippen molar-refractivity contribution in [2.75, 3.05) is 0 Å². The molecule has 0 spiro atoms. The second-order valence-corrected chi connectivity index (χ2v) is 4.68. The van der Waals surface area contributed by atoms with Gasteiger partial charge in [0.1, 0.15) is 6.04 Å². The molecule has 1 rings (SSSR count). The second-order valence-electron chi connectivity index (χ2n) is 4.68. The third-order valence-electron chi connectivity index (χ3n) is 2.82. The first-order chi connectivity index (χ1) is 8.41. The molecule has 18 heavy (non-hydrogen) atoms. The molecule has 1 amide bonds. The molecule has 0 aliphatic carbocycles. The SMILES string of the molecule is Cc1ccccc1C[C@@H](NC(=O)C(C)C)C(=O)O. The van der Waals surface area contributed by atoms with E-state index in [4.69, 9.17) is 5.11 Å². The molecule has 0 saturated heterocycles. The molecule has 4 heteroatoms. The maximum atomic E-state index is 11.6. The van der Waals surface area contributed by atoms with Gasteiger partial charge in [-0.2, -0.15) is 0 Å². The van der Waals surface area contributed by atoms with Crippen LogP contribution >= 0.6 is 0 Å². The summed E-state index contributed by atoms with van der Waals surface area (Å²) in [4.78, 5) is 22.7. The zero-order valence-corrected chi connectivity index (χ0v) is 10.9. The van der Waals surface area contributed by atoms with E-state index in [-0.39, 0.29) is 11.8 Å². The molecular formula is C14H19NO3. The van der Waals surface area contributed by atoms with Gasteiger partial charge in [0.05, 0.1) is 0 Å². The van der Waals surface area contributed by atoms with Crippen LogP contribution in [-0.2, 0) is 16.0 Å². The minimum absolute atomic E-state index is 0.219. The number of benzene rings is 1. The molecule has 0 radical (unpaired) electrons. The number of carbonyl (C=O) groups excluding carboxylic acids is 1. The molecule has 1 aromatic carbocycles. The van der Waals surface area contributed by atoms with Crippen LogP contribution in [0, 0.1) is 12.8 Å².